The number of ether oxygens (including phenoxy) is 1. The normalized spacial score (nSPS) is 15.7. The van der Waals surface area contributed by atoms with Crippen molar-refractivity contribution in [2.75, 3.05) is 13.1 Å². The molecule has 0 bridgehead atoms. The van der Waals surface area contributed by atoms with Crippen molar-refractivity contribution < 1.29 is 9.53 Å². The quantitative estimate of drug-likeness (QED) is 0.866. The average molecular weight is 283 g/mol. The molecule has 108 valence electrons. The lowest BCUT2D eigenvalue weighted by molar-refractivity contribution is 0.0578. The first kappa shape index (κ1) is 13.5. The molecule has 2 aromatic rings. The molecule has 1 amide bonds. The largest absolute Gasteiger partial charge is 0.460 e. The summed E-state index contributed by atoms with van der Waals surface area (Å²) in [6.07, 6.45) is 5.01. The van der Waals surface area contributed by atoms with Crippen molar-refractivity contribution in [2.24, 2.45) is 0 Å². The molecule has 5 heteroatoms. The van der Waals surface area contributed by atoms with Gasteiger partial charge < -0.3 is 9.64 Å². The summed E-state index contributed by atoms with van der Waals surface area (Å²) in [5, 5.41) is 0. The van der Waals surface area contributed by atoms with Crippen LogP contribution in [0.4, 0.5) is 0 Å². The maximum Gasteiger partial charge on any atom is 0.316 e. The van der Waals surface area contributed by atoms with Crippen LogP contribution in [0.2, 0.25) is 0 Å². The fourth-order valence-corrected chi connectivity index (χ4v) is 2.44. The Morgan fingerprint density at radius 1 is 1.05 bits per heavy atom. The SMILES string of the molecule is O=C(c1ccccc1)N1CCC(Oc2ncccn2)CC1. The zero-order valence-corrected chi connectivity index (χ0v) is 11.7. The molecule has 1 aromatic carbocycles. The fourth-order valence-electron chi connectivity index (χ4n) is 2.44. The van der Waals surface area contributed by atoms with Crippen LogP contribution >= 0.6 is 0 Å². The summed E-state index contributed by atoms with van der Waals surface area (Å²) in [6, 6.07) is 11.5. The summed E-state index contributed by atoms with van der Waals surface area (Å²) in [5.74, 6) is 0.0880. The van der Waals surface area contributed by atoms with Gasteiger partial charge in [-0.2, -0.15) is 0 Å². The minimum absolute atomic E-state index is 0.0761. The first-order chi connectivity index (χ1) is 10.3. The van der Waals surface area contributed by atoms with Crippen LogP contribution in [0.15, 0.2) is 48.8 Å². The van der Waals surface area contributed by atoms with E-state index in [4.69, 9.17) is 4.74 Å². The number of amides is 1. The van der Waals surface area contributed by atoms with E-state index in [1.807, 2.05) is 35.2 Å². The molecule has 0 radical (unpaired) electrons. The highest BCUT2D eigenvalue weighted by Crippen LogP contribution is 2.17. The molecule has 1 aliphatic rings. The fraction of sp³-hybridized carbons (Fsp3) is 0.312. The second-order valence-electron chi connectivity index (χ2n) is 5.01. The molecule has 3 rings (SSSR count). The van der Waals surface area contributed by atoms with Crippen molar-refractivity contribution >= 4 is 5.91 Å². The van der Waals surface area contributed by atoms with Crippen molar-refractivity contribution in [3.63, 3.8) is 0 Å². The lowest BCUT2D eigenvalue weighted by Crippen LogP contribution is -2.41. The number of piperidine rings is 1. The molecular formula is C16H17N3O2. The second-order valence-corrected chi connectivity index (χ2v) is 5.01. The lowest BCUT2D eigenvalue weighted by atomic mass is 10.1. The zero-order valence-electron chi connectivity index (χ0n) is 11.7. The van der Waals surface area contributed by atoms with Gasteiger partial charge in [0.15, 0.2) is 0 Å². The van der Waals surface area contributed by atoms with Crippen LogP contribution in [-0.4, -0.2) is 40.0 Å². The summed E-state index contributed by atoms with van der Waals surface area (Å²) >= 11 is 0. The molecule has 0 N–H and O–H groups in total. The topological polar surface area (TPSA) is 55.3 Å². The van der Waals surface area contributed by atoms with Gasteiger partial charge in [-0.05, 0) is 18.2 Å². The van der Waals surface area contributed by atoms with E-state index in [-0.39, 0.29) is 12.0 Å². The van der Waals surface area contributed by atoms with Crippen LogP contribution in [0.3, 0.4) is 0 Å². The van der Waals surface area contributed by atoms with Gasteiger partial charge in [-0.1, -0.05) is 18.2 Å². The Hall–Kier alpha value is -2.43. The van der Waals surface area contributed by atoms with E-state index in [1.54, 1.807) is 18.5 Å². The summed E-state index contributed by atoms with van der Waals surface area (Å²) < 4.78 is 5.73. The summed E-state index contributed by atoms with van der Waals surface area (Å²) in [7, 11) is 0. The molecule has 0 atom stereocenters. The van der Waals surface area contributed by atoms with Gasteiger partial charge in [0.05, 0.1) is 0 Å². The van der Waals surface area contributed by atoms with Crippen molar-refractivity contribution in [1.29, 1.82) is 0 Å². The van der Waals surface area contributed by atoms with Crippen molar-refractivity contribution in [1.82, 2.24) is 14.9 Å². The number of carbonyl (C=O) groups is 1. The maximum atomic E-state index is 12.3. The molecule has 5 nitrogen and oxygen atoms in total. The predicted molar refractivity (Wildman–Crippen MR) is 78.0 cm³/mol. The number of hydrogen-bond acceptors (Lipinski definition) is 4. The molecule has 1 saturated heterocycles. The van der Waals surface area contributed by atoms with Crippen molar-refractivity contribution in [2.45, 2.75) is 18.9 Å². The van der Waals surface area contributed by atoms with E-state index in [2.05, 4.69) is 9.97 Å². The standard InChI is InChI=1S/C16H17N3O2/c20-15(13-5-2-1-3-6-13)19-11-7-14(8-12-19)21-16-17-9-4-10-18-16/h1-6,9-10,14H,7-8,11-12H2. The van der Waals surface area contributed by atoms with Crippen LogP contribution in [0.1, 0.15) is 23.2 Å². The Morgan fingerprint density at radius 2 is 1.71 bits per heavy atom. The van der Waals surface area contributed by atoms with Crippen LogP contribution in [0, 0.1) is 0 Å². The van der Waals surface area contributed by atoms with Gasteiger partial charge >= 0.3 is 6.01 Å². The molecule has 1 fully saturated rings. The monoisotopic (exact) mass is 283 g/mol. The van der Waals surface area contributed by atoms with E-state index in [0.29, 0.717) is 19.1 Å². The van der Waals surface area contributed by atoms with E-state index in [9.17, 15) is 4.79 Å². The molecule has 21 heavy (non-hydrogen) atoms. The minimum atomic E-state index is 0.0761. The first-order valence-corrected chi connectivity index (χ1v) is 7.11. The smallest absolute Gasteiger partial charge is 0.316 e. The van der Waals surface area contributed by atoms with Gasteiger partial charge in [-0.25, -0.2) is 9.97 Å². The van der Waals surface area contributed by atoms with Gasteiger partial charge in [0.2, 0.25) is 0 Å². The molecule has 2 heterocycles. The van der Waals surface area contributed by atoms with Gasteiger partial charge in [0, 0.05) is 43.9 Å². The van der Waals surface area contributed by atoms with E-state index < -0.39 is 0 Å². The third-order valence-corrected chi connectivity index (χ3v) is 3.56. The lowest BCUT2D eigenvalue weighted by Gasteiger charge is -2.31. The van der Waals surface area contributed by atoms with Crippen LogP contribution < -0.4 is 4.74 Å². The van der Waals surface area contributed by atoms with Crippen molar-refractivity contribution in [3.8, 4) is 6.01 Å². The molecular weight excluding hydrogens is 266 g/mol. The number of aromatic nitrogens is 2. The molecule has 1 aromatic heterocycles. The number of hydrogen-bond donors (Lipinski definition) is 0. The summed E-state index contributed by atoms with van der Waals surface area (Å²) in [5.41, 5.74) is 0.739. The van der Waals surface area contributed by atoms with Gasteiger partial charge in [-0.3, -0.25) is 4.79 Å². The number of likely N-dealkylation sites (tertiary alicyclic amines) is 1. The molecule has 1 aliphatic heterocycles. The third-order valence-electron chi connectivity index (χ3n) is 3.56. The number of benzene rings is 1. The Labute approximate surface area is 123 Å². The number of rotatable bonds is 3. The average Bonchev–Trinajstić information content (AvgIpc) is 2.57. The minimum Gasteiger partial charge on any atom is -0.460 e. The number of carbonyl (C=O) groups excluding carboxylic acids is 1. The first-order valence-electron chi connectivity index (χ1n) is 7.11. The van der Waals surface area contributed by atoms with E-state index in [1.165, 1.54) is 0 Å². The van der Waals surface area contributed by atoms with Gasteiger partial charge in [0.25, 0.3) is 5.91 Å². The zero-order chi connectivity index (χ0) is 14.5. The Bertz CT molecular complexity index is 581. The Morgan fingerprint density at radius 3 is 2.38 bits per heavy atom. The summed E-state index contributed by atoms with van der Waals surface area (Å²) in [6.45, 7) is 1.40. The molecule has 0 unspecified atom stereocenters. The van der Waals surface area contributed by atoms with Crippen LogP contribution in [-0.2, 0) is 0 Å². The highest BCUT2D eigenvalue weighted by Gasteiger charge is 2.24. The molecule has 0 saturated carbocycles. The van der Waals surface area contributed by atoms with Gasteiger partial charge in [0.1, 0.15) is 6.10 Å². The van der Waals surface area contributed by atoms with Gasteiger partial charge in [-0.15, -0.1) is 0 Å². The highest BCUT2D eigenvalue weighted by atomic mass is 16.5. The second kappa shape index (κ2) is 6.35. The predicted octanol–water partition coefficient (Wildman–Crippen LogP) is 2.16. The Balaban J connectivity index is 1.54. The highest BCUT2D eigenvalue weighted by molar-refractivity contribution is 5.94. The van der Waals surface area contributed by atoms with Crippen LogP contribution in [0.5, 0.6) is 6.01 Å². The number of nitrogens with zero attached hydrogens (tertiary/aromatic N) is 3. The Kier molecular flexibility index (Phi) is 4.09. The van der Waals surface area contributed by atoms with Crippen LogP contribution in [0.25, 0.3) is 0 Å². The molecule has 0 spiro atoms. The third kappa shape index (κ3) is 3.37. The summed E-state index contributed by atoms with van der Waals surface area (Å²) in [4.78, 5) is 22.3. The maximum absolute atomic E-state index is 12.3. The molecule has 0 aliphatic carbocycles. The van der Waals surface area contributed by atoms with Crippen molar-refractivity contribution in [3.05, 3.63) is 54.4 Å². The van der Waals surface area contributed by atoms with E-state index in [0.717, 1.165) is 18.4 Å². The van der Waals surface area contributed by atoms with E-state index >= 15 is 0 Å².